The first-order valence-electron chi connectivity index (χ1n) is 5.45. The lowest BCUT2D eigenvalue weighted by atomic mass is 10.0. The first kappa shape index (κ1) is 13.4. The Hall–Kier alpha value is -0.570. The molecule has 2 atom stereocenters. The zero-order valence-corrected chi connectivity index (χ0v) is 9.96. The molecule has 1 N–H and O–H groups in total. The highest BCUT2D eigenvalue weighted by Crippen LogP contribution is 2.06. The summed E-state index contributed by atoms with van der Waals surface area (Å²) in [5.74, 6) is 0.378. The summed E-state index contributed by atoms with van der Waals surface area (Å²) in [5, 5.41) is 3.28. The van der Waals surface area contributed by atoms with Crippen LogP contribution < -0.4 is 5.32 Å². The Morgan fingerprint density at radius 2 is 1.86 bits per heavy atom. The van der Waals surface area contributed by atoms with Crippen molar-refractivity contribution >= 4 is 5.97 Å². The van der Waals surface area contributed by atoms with Crippen LogP contribution in [0.1, 0.15) is 41.0 Å². The molecule has 0 aliphatic heterocycles. The van der Waals surface area contributed by atoms with Crippen LogP contribution in [0.5, 0.6) is 0 Å². The van der Waals surface area contributed by atoms with Gasteiger partial charge in [-0.25, -0.2) is 0 Å². The normalized spacial score (nSPS) is 15.3. The molecule has 0 radical (unpaired) electrons. The summed E-state index contributed by atoms with van der Waals surface area (Å²) in [6.45, 7) is 10.5. The molecular weight excluding hydrogens is 178 g/mol. The lowest BCUT2D eigenvalue weighted by Crippen LogP contribution is -2.44. The van der Waals surface area contributed by atoms with Gasteiger partial charge in [-0.15, -0.1) is 0 Å². The summed E-state index contributed by atoms with van der Waals surface area (Å²) < 4.78 is 4.93. The highest BCUT2D eigenvalue weighted by molar-refractivity contribution is 5.75. The fourth-order valence-electron chi connectivity index (χ4n) is 1.44. The summed E-state index contributed by atoms with van der Waals surface area (Å²) in [4.78, 5) is 11.3. The molecule has 0 heterocycles. The molecule has 0 aliphatic carbocycles. The number of carbonyl (C=O) groups is 1. The molecule has 2 unspecified atom stereocenters. The van der Waals surface area contributed by atoms with Gasteiger partial charge in [0.15, 0.2) is 0 Å². The third-order valence-electron chi connectivity index (χ3n) is 2.35. The SMILES string of the molecule is CCOC(=O)C(C)NC(CC)C(C)C. The van der Waals surface area contributed by atoms with Crippen LogP contribution in [0.4, 0.5) is 0 Å². The van der Waals surface area contributed by atoms with Gasteiger partial charge in [0.1, 0.15) is 6.04 Å². The lowest BCUT2D eigenvalue weighted by molar-refractivity contribution is -0.145. The number of carbonyl (C=O) groups excluding carboxylic acids is 1. The number of nitrogens with one attached hydrogen (secondary N) is 1. The van der Waals surface area contributed by atoms with Crippen molar-refractivity contribution in [2.24, 2.45) is 5.92 Å². The first-order chi connectivity index (χ1) is 6.52. The van der Waals surface area contributed by atoms with E-state index in [1.54, 1.807) is 0 Å². The molecule has 0 rings (SSSR count). The van der Waals surface area contributed by atoms with Crippen molar-refractivity contribution in [1.29, 1.82) is 0 Å². The summed E-state index contributed by atoms with van der Waals surface area (Å²) in [5.41, 5.74) is 0. The van der Waals surface area contributed by atoms with Gasteiger partial charge in [-0.05, 0) is 26.2 Å². The monoisotopic (exact) mass is 201 g/mol. The van der Waals surface area contributed by atoms with Crippen molar-refractivity contribution in [3.63, 3.8) is 0 Å². The van der Waals surface area contributed by atoms with Gasteiger partial charge in [-0.1, -0.05) is 20.8 Å². The van der Waals surface area contributed by atoms with Crippen molar-refractivity contribution in [1.82, 2.24) is 5.32 Å². The van der Waals surface area contributed by atoms with Gasteiger partial charge in [0.05, 0.1) is 6.61 Å². The van der Waals surface area contributed by atoms with Crippen LogP contribution in [0.2, 0.25) is 0 Å². The second-order valence-corrected chi connectivity index (χ2v) is 3.90. The van der Waals surface area contributed by atoms with E-state index < -0.39 is 0 Å². The van der Waals surface area contributed by atoms with Crippen molar-refractivity contribution < 1.29 is 9.53 Å². The van der Waals surface area contributed by atoms with E-state index in [1.165, 1.54) is 0 Å². The van der Waals surface area contributed by atoms with E-state index in [2.05, 4.69) is 26.1 Å². The first-order valence-corrected chi connectivity index (χ1v) is 5.45. The van der Waals surface area contributed by atoms with Crippen molar-refractivity contribution in [3.05, 3.63) is 0 Å². The quantitative estimate of drug-likeness (QED) is 0.668. The molecule has 0 saturated carbocycles. The topological polar surface area (TPSA) is 38.3 Å². The van der Waals surface area contributed by atoms with Gasteiger partial charge in [0.2, 0.25) is 0 Å². The summed E-state index contributed by atoms with van der Waals surface area (Å²) in [6, 6.07) is 0.178. The average Bonchev–Trinajstić information content (AvgIpc) is 2.13. The maximum absolute atomic E-state index is 11.3. The Balaban J connectivity index is 4.01. The van der Waals surface area contributed by atoms with Gasteiger partial charge in [-0.3, -0.25) is 4.79 Å². The smallest absolute Gasteiger partial charge is 0.322 e. The molecule has 0 amide bonds. The van der Waals surface area contributed by atoms with E-state index in [0.29, 0.717) is 18.6 Å². The molecule has 0 fully saturated rings. The maximum atomic E-state index is 11.3. The van der Waals surface area contributed by atoms with Crippen LogP contribution in [-0.2, 0) is 9.53 Å². The Morgan fingerprint density at radius 3 is 2.21 bits per heavy atom. The molecule has 0 aliphatic rings. The van der Waals surface area contributed by atoms with E-state index in [0.717, 1.165) is 6.42 Å². The zero-order valence-electron chi connectivity index (χ0n) is 9.96. The van der Waals surface area contributed by atoms with Gasteiger partial charge < -0.3 is 10.1 Å². The molecule has 3 heteroatoms. The van der Waals surface area contributed by atoms with Crippen LogP contribution in [0.3, 0.4) is 0 Å². The summed E-state index contributed by atoms with van der Waals surface area (Å²) >= 11 is 0. The number of rotatable bonds is 6. The van der Waals surface area contributed by atoms with E-state index in [1.807, 2.05) is 13.8 Å². The molecule has 14 heavy (non-hydrogen) atoms. The number of ether oxygens (including phenoxy) is 1. The molecule has 3 nitrogen and oxygen atoms in total. The molecule has 0 aromatic heterocycles. The Bertz CT molecular complexity index is 169. The maximum Gasteiger partial charge on any atom is 0.322 e. The third kappa shape index (κ3) is 4.61. The third-order valence-corrected chi connectivity index (χ3v) is 2.35. The lowest BCUT2D eigenvalue weighted by Gasteiger charge is -2.24. The van der Waals surface area contributed by atoms with Gasteiger partial charge in [0.25, 0.3) is 0 Å². The van der Waals surface area contributed by atoms with Gasteiger partial charge >= 0.3 is 5.97 Å². The van der Waals surface area contributed by atoms with Crippen LogP contribution in [0.15, 0.2) is 0 Å². The fourth-order valence-corrected chi connectivity index (χ4v) is 1.44. The predicted octanol–water partition coefficient (Wildman–Crippen LogP) is 1.96. The standard InChI is InChI=1S/C11H23NO2/c1-6-10(8(3)4)12-9(5)11(13)14-7-2/h8-10,12H,6-7H2,1-5H3. The highest BCUT2D eigenvalue weighted by atomic mass is 16.5. The highest BCUT2D eigenvalue weighted by Gasteiger charge is 2.19. The molecule has 0 spiro atoms. The molecule has 0 aromatic rings. The van der Waals surface area contributed by atoms with E-state index in [4.69, 9.17) is 4.74 Å². The Morgan fingerprint density at radius 1 is 1.29 bits per heavy atom. The predicted molar refractivity (Wildman–Crippen MR) is 58.1 cm³/mol. The van der Waals surface area contributed by atoms with Crippen molar-refractivity contribution in [3.8, 4) is 0 Å². The summed E-state index contributed by atoms with van der Waals surface area (Å²) in [7, 11) is 0. The molecule has 0 saturated heterocycles. The van der Waals surface area contributed by atoms with Crippen LogP contribution >= 0.6 is 0 Å². The Kier molecular flexibility index (Phi) is 6.54. The van der Waals surface area contributed by atoms with E-state index in [9.17, 15) is 4.79 Å². The minimum absolute atomic E-state index is 0.161. The van der Waals surface area contributed by atoms with Gasteiger partial charge in [-0.2, -0.15) is 0 Å². The van der Waals surface area contributed by atoms with E-state index >= 15 is 0 Å². The van der Waals surface area contributed by atoms with Crippen molar-refractivity contribution in [2.75, 3.05) is 6.61 Å². The molecule has 0 aromatic carbocycles. The minimum Gasteiger partial charge on any atom is -0.465 e. The largest absolute Gasteiger partial charge is 0.465 e. The molecule has 0 bridgehead atoms. The van der Waals surface area contributed by atoms with Crippen LogP contribution in [-0.4, -0.2) is 24.7 Å². The fraction of sp³-hybridized carbons (Fsp3) is 0.909. The number of esters is 1. The van der Waals surface area contributed by atoms with Crippen molar-refractivity contribution in [2.45, 2.75) is 53.1 Å². The average molecular weight is 201 g/mol. The minimum atomic E-state index is -0.206. The molecular formula is C11H23NO2. The Labute approximate surface area is 87.2 Å². The number of hydrogen-bond donors (Lipinski definition) is 1. The zero-order chi connectivity index (χ0) is 11.1. The van der Waals surface area contributed by atoms with E-state index in [-0.39, 0.29) is 12.0 Å². The molecule has 84 valence electrons. The second-order valence-electron chi connectivity index (χ2n) is 3.90. The van der Waals surface area contributed by atoms with Crippen LogP contribution in [0.25, 0.3) is 0 Å². The van der Waals surface area contributed by atoms with Gasteiger partial charge in [0, 0.05) is 6.04 Å². The van der Waals surface area contributed by atoms with Crippen LogP contribution in [0, 0.1) is 5.92 Å². The number of hydrogen-bond acceptors (Lipinski definition) is 3. The summed E-state index contributed by atoms with van der Waals surface area (Å²) in [6.07, 6.45) is 1.03. The second kappa shape index (κ2) is 6.82.